The van der Waals surface area contributed by atoms with Crippen LogP contribution in [0.4, 0.5) is 5.69 Å². The molecule has 30 heavy (non-hydrogen) atoms. The third-order valence-corrected chi connectivity index (χ3v) is 4.90. The van der Waals surface area contributed by atoms with Crippen LogP contribution in [0.5, 0.6) is 11.5 Å². The molecule has 0 unspecified atom stereocenters. The van der Waals surface area contributed by atoms with Crippen molar-refractivity contribution in [3.63, 3.8) is 0 Å². The lowest BCUT2D eigenvalue weighted by Gasteiger charge is -2.19. The minimum absolute atomic E-state index is 0.00660. The molecule has 2 aromatic rings. The van der Waals surface area contributed by atoms with Gasteiger partial charge < -0.3 is 19.7 Å². The first-order chi connectivity index (χ1) is 14.4. The van der Waals surface area contributed by atoms with Crippen molar-refractivity contribution < 1.29 is 19.2 Å². The summed E-state index contributed by atoms with van der Waals surface area (Å²) in [6, 6.07) is 9.84. The van der Waals surface area contributed by atoms with Gasteiger partial charge in [0.1, 0.15) is 6.61 Å². The molecule has 0 aromatic heterocycles. The lowest BCUT2D eigenvalue weighted by atomic mass is 10.1. The van der Waals surface area contributed by atoms with E-state index in [9.17, 15) is 14.9 Å². The number of rotatable bonds is 11. The van der Waals surface area contributed by atoms with Gasteiger partial charge in [-0.3, -0.25) is 14.9 Å². The summed E-state index contributed by atoms with van der Waals surface area (Å²) >= 11 is 0. The molecule has 8 nitrogen and oxygen atoms in total. The van der Waals surface area contributed by atoms with Crippen LogP contribution < -0.4 is 14.8 Å². The SMILES string of the molecule is CCN(CC)CCOc1ccc(CNC(=O)c2ccc([N+](=O)[O-])c(C)c2)cc1OC. The van der Waals surface area contributed by atoms with Crippen LogP contribution >= 0.6 is 0 Å². The predicted octanol–water partition coefficient (Wildman–Crippen LogP) is 3.56. The monoisotopic (exact) mass is 415 g/mol. The number of amides is 1. The first-order valence-electron chi connectivity index (χ1n) is 9.94. The Morgan fingerprint density at radius 1 is 1.13 bits per heavy atom. The van der Waals surface area contributed by atoms with Gasteiger partial charge >= 0.3 is 0 Å². The number of hydrogen-bond acceptors (Lipinski definition) is 6. The minimum atomic E-state index is -0.463. The van der Waals surface area contributed by atoms with Crippen molar-refractivity contribution in [3.05, 3.63) is 63.2 Å². The molecule has 0 fully saturated rings. The van der Waals surface area contributed by atoms with Gasteiger partial charge in [0.15, 0.2) is 11.5 Å². The van der Waals surface area contributed by atoms with Crippen molar-refractivity contribution in [2.45, 2.75) is 27.3 Å². The maximum Gasteiger partial charge on any atom is 0.272 e. The number of carbonyl (C=O) groups is 1. The Morgan fingerprint density at radius 3 is 2.47 bits per heavy atom. The lowest BCUT2D eigenvalue weighted by Crippen LogP contribution is -2.28. The van der Waals surface area contributed by atoms with Crippen molar-refractivity contribution >= 4 is 11.6 Å². The van der Waals surface area contributed by atoms with E-state index < -0.39 is 4.92 Å². The molecule has 1 amide bonds. The average molecular weight is 415 g/mol. The second-order valence-corrected chi connectivity index (χ2v) is 6.80. The molecule has 0 aliphatic carbocycles. The van der Waals surface area contributed by atoms with Crippen LogP contribution in [0.2, 0.25) is 0 Å². The topological polar surface area (TPSA) is 93.9 Å². The first-order valence-corrected chi connectivity index (χ1v) is 9.94. The molecular weight excluding hydrogens is 386 g/mol. The van der Waals surface area contributed by atoms with E-state index >= 15 is 0 Å². The first kappa shape index (κ1) is 23.2. The normalized spacial score (nSPS) is 10.7. The molecule has 0 saturated heterocycles. The molecule has 0 atom stereocenters. The van der Waals surface area contributed by atoms with Crippen molar-refractivity contribution in [1.29, 1.82) is 0 Å². The zero-order valence-electron chi connectivity index (χ0n) is 17.9. The summed E-state index contributed by atoms with van der Waals surface area (Å²) in [7, 11) is 1.58. The zero-order valence-corrected chi connectivity index (χ0v) is 17.9. The van der Waals surface area contributed by atoms with E-state index in [0.717, 1.165) is 25.2 Å². The molecule has 0 heterocycles. The minimum Gasteiger partial charge on any atom is -0.493 e. The van der Waals surface area contributed by atoms with Gasteiger partial charge in [0, 0.05) is 30.3 Å². The summed E-state index contributed by atoms with van der Waals surface area (Å²) in [4.78, 5) is 25.1. The molecule has 0 aliphatic heterocycles. The Hall–Kier alpha value is -3.13. The summed E-state index contributed by atoms with van der Waals surface area (Å²) in [5.41, 5.74) is 1.67. The van der Waals surface area contributed by atoms with Crippen LogP contribution in [0.15, 0.2) is 36.4 Å². The van der Waals surface area contributed by atoms with Gasteiger partial charge in [-0.05, 0) is 49.8 Å². The summed E-state index contributed by atoms with van der Waals surface area (Å²) in [5.74, 6) is 0.963. The van der Waals surface area contributed by atoms with Gasteiger partial charge in [0.25, 0.3) is 11.6 Å². The Labute approximate surface area is 176 Å². The van der Waals surface area contributed by atoms with E-state index in [4.69, 9.17) is 9.47 Å². The maximum atomic E-state index is 12.4. The number of methoxy groups -OCH3 is 1. The predicted molar refractivity (Wildman–Crippen MR) is 115 cm³/mol. The smallest absolute Gasteiger partial charge is 0.272 e. The molecular formula is C22H29N3O5. The number of aryl methyl sites for hydroxylation is 1. The molecule has 1 N–H and O–H groups in total. The van der Waals surface area contributed by atoms with Gasteiger partial charge in [-0.15, -0.1) is 0 Å². The van der Waals surface area contributed by atoms with E-state index in [1.54, 1.807) is 14.0 Å². The van der Waals surface area contributed by atoms with E-state index in [2.05, 4.69) is 24.1 Å². The Kier molecular flexibility index (Phi) is 8.61. The van der Waals surface area contributed by atoms with E-state index in [-0.39, 0.29) is 11.6 Å². The number of likely N-dealkylation sites (N-methyl/N-ethyl adjacent to an activating group) is 1. The lowest BCUT2D eigenvalue weighted by molar-refractivity contribution is -0.385. The van der Waals surface area contributed by atoms with Gasteiger partial charge in [-0.25, -0.2) is 0 Å². The van der Waals surface area contributed by atoms with Crippen molar-refractivity contribution in [1.82, 2.24) is 10.2 Å². The number of nitro groups is 1. The molecule has 2 rings (SSSR count). The number of nitrogens with zero attached hydrogens (tertiary/aromatic N) is 2. The second kappa shape index (κ2) is 11.2. The van der Waals surface area contributed by atoms with Crippen molar-refractivity contribution in [2.24, 2.45) is 0 Å². The second-order valence-electron chi connectivity index (χ2n) is 6.80. The number of nitrogens with one attached hydrogen (secondary N) is 1. The number of carbonyl (C=O) groups excluding carboxylic acids is 1. The highest BCUT2D eigenvalue weighted by atomic mass is 16.6. The Balaban J connectivity index is 1.97. The highest BCUT2D eigenvalue weighted by Crippen LogP contribution is 2.28. The Morgan fingerprint density at radius 2 is 1.87 bits per heavy atom. The van der Waals surface area contributed by atoms with Gasteiger partial charge in [0.05, 0.1) is 12.0 Å². The van der Waals surface area contributed by atoms with Crippen LogP contribution in [-0.4, -0.2) is 49.1 Å². The van der Waals surface area contributed by atoms with Crippen LogP contribution in [0.3, 0.4) is 0 Å². The summed E-state index contributed by atoms with van der Waals surface area (Å²) in [6.07, 6.45) is 0. The summed E-state index contributed by atoms with van der Waals surface area (Å²) < 4.78 is 11.3. The number of nitro benzene ring substituents is 1. The molecule has 0 spiro atoms. The fourth-order valence-corrected chi connectivity index (χ4v) is 3.05. The molecule has 0 saturated carbocycles. The molecule has 0 radical (unpaired) electrons. The molecule has 2 aromatic carbocycles. The highest BCUT2D eigenvalue weighted by Gasteiger charge is 2.14. The van der Waals surface area contributed by atoms with Crippen LogP contribution in [-0.2, 0) is 6.54 Å². The zero-order chi connectivity index (χ0) is 22.1. The summed E-state index contributed by atoms with van der Waals surface area (Å²) in [6.45, 7) is 9.49. The maximum absolute atomic E-state index is 12.4. The fourth-order valence-electron chi connectivity index (χ4n) is 3.05. The fraction of sp³-hybridized carbons (Fsp3) is 0.409. The standard InChI is InChI=1S/C22H29N3O5/c1-5-24(6-2)11-12-30-20-10-7-17(14-21(20)29-4)15-23-22(26)18-8-9-19(25(27)28)16(3)13-18/h7-10,13-14H,5-6,11-12,15H2,1-4H3,(H,23,26). The molecule has 162 valence electrons. The number of hydrogen-bond donors (Lipinski definition) is 1. The van der Waals surface area contributed by atoms with Gasteiger partial charge in [-0.2, -0.15) is 0 Å². The largest absolute Gasteiger partial charge is 0.493 e. The van der Waals surface area contributed by atoms with Gasteiger partial charge in [-0.1, -0.05) is 19.9 Å². The third-order valence-electron chi connectivity index (χ3n) is 4.90. The van der Waals surface area contributed by atoms with E-state index in [1.165, 1.54) is 18.2 Å². The third kappa shape index (κ3) is 6.18. The van der Waals surface area contributed by atoms with Crippen LogP contribution in [0, 0.1) is 17.0 Å². The number of benzene rings is 2. The van der Waals surface area contributed by atoms with Crippen LogP contribution in [0.25, 0.3) is 0 Å². The number of ether oxygens (including phenoxy) is 2. The highest BCUT2D eigenvalue weighted by molar-refractivity contribution is 5.94. The molecule has 8 heteroatoms. The average Bonchev–Trinajstić information content (AvgIpc) is 2.75. The van der Waals surface area contributed by atoms with E-state index in [1.807, 2.05) is 18.2 Å². The van der Waals surface area contributed by atoms with Crippen molar-refractivity contribution in [3.8, 4) is 11.5 Å². The summed E-state index contributed by atoms with van der Waals surface area (Å²) in [5, 5.41) is 13.7. The molecule has 0 aliphatic rings. The van der Waals surface area contributed by atoms with E-state index in [0.29, 0.717) is 35.8 Å². The molecule has 0 bridgehead atoms. The Bertz CT molecular complexity index is 881. The van der Waals surface area contributed by atoms with Crippen LogP contribution in [0.1, 0.15) is 35.3 Å². The van der Waals surface area contributed by atoms with Crippen molar-refractivity contribution in [2.75, 3.05) is 33.4 Å². The van der Waals surface area contributed by atoms with Gasteiger partial charge in [0.2, 0.25) is 0 Å². The quantitative estimate of drug-likeness (QED) is 0.445.